The zero-order chi connectivity index (χ0) is 35.9. The van der Waals surface area contributed by atoms with E-state index in [1.54, 1.807) is 17.7 Å². The summed E-state index contributed by atoms with van der Waals surface area (Å²) in [6, 6.07) is 2.86. The number of aromatic hydroxyl groups is 1. The van der Waals surface area contributed by atoms with Gasteiger partial charge in [0.05, 0.1) is 28.2 Å². The SMILES string of the molecule is CCc1c(N2CCN(C(=O)c3ncnc(C)c3O)CC2)c(=O)c2nc(N3CCC[C@@H]3C)cnc2n1CC(=O)Nc1ccc(C(F)(F)F)cc1Cl. The molecular formula is C33H35ClF3N9O4. The van der Waals surface area contributed by atoms with E-state index in [-0.39, 0.29) is 83.2 Å². The fourth-order valence-electron chi connectivity index (χ4n) is 6.52. The van der Waals surface area contributed by atoms with E-state index in [0.29, 0.717) is 23.6 Å². The third-order valence-electron chi connectivity index (χ3n) is 9.17. The number of alkyl halides is 3. The van der Waals surface area contributed by atoms with E-state index in [2.05, 4.69) is 32.1 Å². The molecule has 0 bridgehead atoms. The number of halogens is 4. The second-order valence-corrected chi connectivity index (χ2v) is 12.7. The summed E-state index contributed by atoms with van der Waals surface area (Å²) in [5, 5.41) is 12.7. The Morgan fingerprint density at radius 1 is 1.10 bits per heavy atom. The summed E-state index contributed by atoms with van der Waals surface area (Å²) in [6.07, 6.45) is 0.434. The Hall–Kier alpha value is -4.99. The van der Waals surface area contributed by atoms with Gasteiger partial charge in [0, 0.05) is 44.5 Å². The first-order valence-corrected chi connectivity index (χ1v) is 16.6. The molecule has 2 N–H and O–H groups in total. The largest absolute Gasteiger partial charge is 0.504 e. The average molecular weight is 714 g/mol. The smallest absolute Gasteiger partial charge is 0.416 e. The molecule has 17 heteroatoms. The monoisotopic (exact) mass is 713 g/mol. The number of aromatic nitrogens is 5. The third-order valence-corrected chi connectivity index (χ3v) is 9.48. The molecule has 0 saturated carbocycles. The number of fused-ring (bicyclic) bond motifs is 1. The highest BCUT2D eigenvalue weighted by Crippen LogP contribution is 2.34. The van der Waals surface area contributed by atoms with Crippen molar-refractivity contribution in [1.29, 1.82) is 0 Å². The van der Waals surface area contributed by atoms with E-state index in [1.807, 2.05) is 11.8 Å². The van der Waals surface area contributed by atoms with Crippen LogP contribution in [0.15, 0.2) is 35.5 Å². The predicted octanol–water partition coefficient (Wildman–Crippen LogP) is 4.42. The summed E-state index contributed by atoms with van der Waals surface area (Å²) in [5.41, 5.74) is -0.0946. The molecule has 0 radical (unpaired) electrons. The minimum atomic E-state index is -4.60. The molecule has 6 rings (SSSR count). The Balaban J connectivity index is 1.36. The maximum atomic E-state index is 14.3. The van der Waals surface area contributed by atoms with Crippen LogP contribution in [0.1, 0.15) is 54.1 Å². The molecule has 2 amide bonds. The molecule has 2 aliphatic rings. The van der Waals surface area contributed by atoms with Crippen LogP contribution in [0.2, 0.25) is 5.02 Å². The lowest BCUT2D eigenvalue weighted by atomic mass is 10.1. The van der Waals surface area contributed by atoms with Crippen molar-refractivity contribution in [1.82, 2.24) is 29.4 Å². The van der Waals surface area contributed by atoms with E-state index < -0.39 is 23.6 Å². The lowest BCUT2D eigenvalue weighted by Crippen LogP contribution is -2.50. The summed E-state index contributed by atoms with van der Waals surface area (Å²) in [6.45, 7) is 6.83. The maximum Gasteiger partial charge on any atom is 0.416 e. The number of piperazine rings is 1. The van der Waals surface area contributed by atoms with Crippen LogP contribution in [0.25, 0.3) is 11.2 Å². The summed E-state index contributed by atoms with van der Waals surface area (Å²) < 4.78 is 41.2. The van der Waals surface area contributed by atoms with Gasteiger partial charge in [-0.05, 0) is 51.3 Å². The molecular weight excluding hydrogens is 679 g/mol. The standard InChI is InChI=1S/C33H35ClF3N9O4/c1-4-23-28(43-10-12-44(13-11-43)32(50)27-29(48)19(3)39-17-40-27)30(49)26-31(38-15-24(42-26)45-9-5-6-18(45)2)46(23)16-25(47)41-22-8-7-20(14-21(22)34)33(35,36)37/h7-8,14-15,17-18,48H,4-6,9-13,16H2,1-3H3,(H,41,47)/t18-/m0/s1. The van der Waals surface area contributed by atoms with Crippen LogP contribution < -0.4 is 20.5 Å². The highest BCUT2D eigenvalue weighted by molar-refractivity contribution is 6.33. The maximum absolute atomic E-state index is 14.3. The normalized spacial score (nSPS) is 16.7. The molecule has 1 atom stereocenters. The molecule has 13 nitrogen and oxygen atoms in total. The third kappa shape index (κ3) is 6.63. The first-order valence-electron chi connectivity index (χ1n) is 16.2. The molecule has 1 aromatic carbocycles. The molecule has 50 heavy (non-hydrogen) atoms. The van der Waals surface area contributed by atoms with E-state index >= 15 is 0 Å². The summed E-state index contributed by atoms with van der Waals surface area (Å²) in [5.74, 6) is -0.819. The number of pyridine rings is 1. The highest BCUT2D eigenvalue weighted by atomic mass is 35.5. The van der Waals surface area contributed by atoms with Gasteiger partial charge in [-0.3, -0.25) is 14.4 Å². The van der Waals surface area contributed by atoms with Gasteiger partial charge < -0.3 is 29.7 Å². The van der Waals surface area contributed by atoms with Crippen molar-refractivity contribution >= 4 is 51.8 Å². The molecule has 264 valence electrons. The van der Waals surface area contributed by atoms with Gasteiger partial charge in [-0.25, -0.2) is 19.9 Å². The molecule has 2 fully saturated rings. The molecule has 0 spiro atoms. The fraction of sp³-hybridized carbons (Fsp3) is 0.424. The Labute approximate surface area is 289 Å². The van der Waals surface area contributed by atoms with Crippen molar-refractivity contribution in [3.63, 3.8) is 0 Å². The zero-order valence-corrected chi connectivity index (χ0v) is 28.3. The van der Waals surface area contributed by atoms with Gasteiger partial charge >= 0.3 is 6.18 Å². The molecule has 5 heterocycles. The summed E-state index contributed by atoms with van der Waals surface area (Å²) >= 11 is 6.12. The van der Waals surface area contributed by atoms with Gasteiger partial charge in [0.2, 0.25) is 11.3 Å². The topological polar surface area (TPSA) is 150 Å². The number of hydrogen-bond acceptors (Lipinski definition) is 10. The number of anilines is 3. The van der Waals surface area contributed by atoms with Crippen LogP contribution in [0.3, 0.4) is 0 Å². The van der Waals surface area contributed by atoms with E-state index in [9.17, 15) is 32.7 Å². The van der Waals surface area contributed by atoms with Crippen LogP contribution in [0, 0.1) is 6.92 Å². The number of nitrogens with zero attached hydrogens (tertiary/aromatic N) is 8. The number of rotatable bonds is 7. The van der Waals surface area contributed by atoms with E-state index in [4.69, 9.17) is 16.6 Å². The average Bonchev–Trinajstić information content (AvgIpc) is 3.52. The lowest BCUT2D eigenvalue weighted by molar-refractivity contribution is -0.137. The van der Waals surface area contributed by atoms with Gasteiger partial charge in [0.15, 0.2) is 22.6 Å². The molecule has 2 aliphatic heterocycles. The van der Waals surface area contributed by atoms with Crippen molar-refractivity contribution < 1.29 is 27.9 Å². The second-order valence-electron chi connectivity index (χ2n) is 12.3. The Kier molecular flexibility index (Phi) is 9.57. The Morgan fingerprint density at radius 2 is 1.84 bits per heavy atom. The summed E-state index contributed by atoms with van der Waals surface area (Å²) in [7, 11) is 0. The minimum Gasteiger partial charge on any atom is -0.504 e. The van der Waals surface area contributed by atoms with Crippen LogP contribution in [-0.2, 0) is 23.9 Å². The van der Waals surface area contributed by atoms with Crippen molar-refractivity contribution in [3.05, 3.63) is 68.6 Å². The zero-order valence-electron chi connectivity index (χ0n) is 27.6. The predicted molar refractivity (Wildman–Crippen MR) is 181 cm³/mol. The Bertz CT molecular complexity index is 2030. The fourth-order valence-corrected chi connectivity index (χ4v) is 6.75. The highest BCUT2D eigenvalue weighted by Gasteiger charge is 2.32. The van der Waals surface area contributed by atoms with Crippen LogP contribution in [0.5, 0.6) is 5.75 Å². The van der Waals surface area contributed by atoms with Crippen molar-refractivity contribution in [2.75, 3.05) is 47.8 Å². The number of nitrogens with one attached hydrogen (secondary N) is 1. The first-order chi connectivity index (χ1) is 23.8. The van der Waals surface area contributed by atoms with Gasteiger partial charge in [-0.2, -0.15) is 13.2 Å². The van der Waals surface area contributed by atoms with Gasteiger partial charge in [0.1, 0.15) is 24.4 Å². The second kappa shape index (κ2) is 13.7. The van der Waals surface area contributed by atoms with Crippen LogP contribution in [-0.4, -0.2) is 85.1 Å². The minimum absolute atomic E-state index is 0.00427. The molecule has 3 aromatic heterocycles. The number of carbonyl (C=O) groups excluding carboxylic acids is 2. The number of aryl methyl sites for hydroxylation is 1. The Morgan fingerprint density at radius 3 is 2.48 bits per heavy atom. The van der Waals surface area contributed by atoms with Gasteiger partial charge in [-0.1, -0.05) is 18.5 Å². The van der Waals surface area contributed by atoms with Gasteiger partial charge in [0.25, 0.3) is 5.91 Å². The van der Waals surface area contributed by atoms with Crippen LogP contribution >= 0.6 is 11.6 Å². The number of benzene rings is 1. The van der Waals surface area contributed by atoms with E-state index in [0.717, 1.165) is 37.6 Å². The first kappa shape index (κ1) is 34.9. The summed E-state index contributed by atoms with van der Waals surface area (Å²) in [4.78, 5) is 63.8. The molecule has 2 saturated heterocycles. The molecule has 4 aromatic rings. The van der Waals surface area contributed by atoms with Gasteiger partial charge in [-0.15, -0.1) is 0 Å². The lowest BCUT2D eigenvalue weighted by Gasteiger charge is -2.37. The van der Waals surface area contributed by atoms with Crippen molar-refractivity contribution in [3.8, 4) is 5.75 Å². The number of carbonyl (C=O) groups is 2. The van der Waals surface area contributed by atoms with E-state index in [1.165, 1.54) is 11.2 Å². The van der Waals surface area contributed by atoms with Crippen molar-refractivity contribution in [2.45, 2.75) is 58.8 Å². The van der Waals surface area contributed by atoms with Crippen LogP contribution in [0.4, 0.5) is 30.4 Å². The molecule has 0 aliphatic carbocycles. The molecule has 0 unspecified atom stereocenters. The quantitative estimate of drug-likeness (QED) is 0.282. The number of amides is 2. The number of hydrogen-bond donors (Lipinski definition) is 2. The van der Waals surface area contributed by atoms with Crippen molar-refractivity contribution in [2.24, 2.45) is 0 Å².